The van der Waals surface area contributed by atoms with Crippen LogP contribution in [0.15, 0.2) is 22.7 Å². The van der Waals surface area contributed by atoms with Gasteiger partial charge in [0, 0.05) is 29.8 Å². The lowest BCUT2D eigenvalue weighted by atomic mass is 10.1. The van der Waals surface area contributed by atoms with Crippen molar-refractivity contribution < 1.29 is 17.9 Å². The summed E-state index contributed by atoms with van der Waals surface area (Å²) >= 11 is 3.40. The highest BCUT2D eigenvalue weighted by molar-refractivity contribution is 9.10. The lowest BCUT2D eigenvalue weighted by Gasteiger charge is -2.23. The van der Waals surface area contributed by atoms with Crippen LogP contribution in [0.1, 0.15) is 12.5 Å². The fourth-order valence-electron chi connectivity index (χ4n) is 2.42. The van der Waals surface area contributed by atoms with Gasteiger partial charge in [-0.25, -0.2) is 8.42 Å². The number of hydrogen-bond donors (Lipinski definition) is 0. The van der Waals surface area contributed by atoms with Crippen LogP contribution in [-0.4, -0.2) is 51.2 Å². The van der Waals surface area contributed by atoms with E-state index >= 15 is 0 Å². The smallest absolute Gasteiger partial charge is 0.325 e. The van der Waals surface area contributed by atoms with Crippen molar-refractivity contribution in [2.75, 3.05) is 37.4 Å². The maximum Gasteiger partial charge on any atom is 0.325 e. The Morgan fingerprint density at radius 3 is 2.73 bits per heavy atom. The molecular weight excluding hydrogens is 372 g/mol. The normalized spacial score (nSPS) is 16.0. The van der Waals surface area contributed by atoms with Gasteiger partial charge in [0.2, 0.25) is 10.0 Å². The molecule has 0 radical (unpaired) electrons. The molecule has 1 aliphatic heterocycles. The Hall–Kier alpha value is -1.12. The van der Waals surface area contributed by atoms with E-state index in [0.29, 0.717) is 26.2 Å². The highest BCUT2D eigenvalue weighted by Gasteiger charge is 2.26. The van der Waals surface area contributed by atoms with Gasteiger partial charge in [0.15, 0.2) is 0 Å². The van der Waals surface area contributed by atoms with Gasteiger partial charge in [-0.15, -0.1) is 0 Å². The van der Waals surface area contributed by atoms with Gasteiger partial charge in [0.05, 0.1) is 12.9 Å². The van der Waals surface area contributed by atoms with Crippen molar-refractivity contribution in [3.63, 3.8) is 0 Å². The van der Waals surface area contributed by atoms with Gasteiger partial charge in [0.25, 0.3) is 0 Å². The second-order valence-corrected chi connectivity index (χ2v) is 7.99. The number of sulfonamides is 1. The summed E-state index contributed by atoms with van der Waals surface area (Å²) in [6.07, 6.45) is 1.20. The molecule has 0 fully saturated rings. The molecule has 0 bridgehead atoms. The second-order valence-electron chi connectivity index (χ2n) is 5.10. The van der Waals surface area contributed by atoms with E-state index in [1.807, 2.05) is 23.1 Å². The lowest BCUT2D eigenvalue weighted by molar-refractivity contribution is -0.141. The van der Waals surface area contributed by atoms with Crippen molar-refractivity contribution in [2.24, 2.45) is 0 Å². The number of benzene rings is 1. The summed E-state index contributed by atoms with van der Waals surface area (Å²) < 4.78 is 31.0. The topological polar surface area (TPSA) is 66.9 Å². The Morgan fingerprint density at radius 2 is 2.09 bits per heavy atom. The number of nitrogens with zero attached hydrogens (tertiary/aromatic N) is 2. The molecule has 0 spiro atoms. The van der Waals surface area contributed by atoms with Crippen molar-refractivity contribution in [1.29, 1.82) is 0 Å². The molecule has 0 atom stereocenters. The fourth-order valence-corrected chi connectivity index (χ4v) is 3.62. The molecule has 0 aliphatic carbocycles. The van der Waals surface area contributed by atoms with Crippen molar-refractivity contribution in [3.8, 4) is 0 Å². The third-order valence-corrected chi connectivity index (χ3v) is 5.19. The number of anilines is 1. The summed E-state index contributed by atoms with van der Waals surface area (Å²) in [5, 5.41) is 0. The first-order valence-electron chi connectivity index (χ1n) is 6.95. The summed E-state index contributed by atoms with van der Waals surface area (Å²) in [4.78, 5) is 13.6. The van der Waals surface area contributed by atoms with E-state index in [1.54, 1.807) is 6.92 Å². The maximum absolute atomic E-state index is 11.9. The van der Waals surface area contributed by atoms with Gasteiger partial charge < -0.3 is 9.64 Å². The van der Waals surface area contributed by atoms with Crippen LogP contribution in [0.2, 0.25) is 0 Å². The van der Waals surface area contributed by atoms with Crippen molar-refractivity contribution >= 4 is 37.6 Å². The predicted octanol–water partition coefficient (Wildman–Crippen LogP) is 1.59. The number of esters is 1. The quantitative estimate of drug-likeness (QED) is 0.730. The molecule has 8 heteroatoms. The second kappa shape index (κ2) is 6.97. The van der Waals surface area contributed by atoms with Gasteiger partial charge in [0.1, 0.15) is 6.54 Å². The summed E-state index contributed by atoms with van der Waals surface area (Å²) in [6.45, 7) is 3.28. The first-order chi connectivity index (χ1) is 10.3. The summed E-state index contributed by atoms with van der Waals surface area (Å²) in [5.74, 6) is -0.316. The molecule has 6 nitrogen and oxygen atoms in total. The van der Waals surface area contributed by atoms with Gasteiger partial charge in [-0.2, -0.15) is 4.31 Å². The lowest BCUT2D eigenvalue weighted by Crippen LogP contribution is -2.37. The average Bonchev–Trinajstić information content (AvgIpc) is 2.58. The van der Waals surface area contributed by atoms with Crippen LogP contribution >= 0.6 is 15.9 Å². The monoisotopic (exact) mass is 390 g/mol. The zero-order valence-electron chi connectivity index (χ0n) is 12.6. The summed E-state index contributed by atoms with van der Waals surface area (Å²) in [7, 11) is -3.29. The van der Waals surface area contributed by atoms with Crippen LogP contribution in [0.3, 0.4) is 0 Å². The van der Waals surface area contributed by atoms with E-state index in [-0.39, 0.29) is 12.5 Å². The molecule has 0 N–H and O–H groups in total. The molecule has 0 aromatic heterocycles. The Morgan fingerprint density at radius 1 is 1.36 bits per heavy atom. The Bertz CT molecular complexity index is 663. The van der Waals surface area contributed by atoms with Crippen LogP contribution in [0.4, 0.5) is 5.69 Å². The number of carbonyl (C=O) groups is 1. The Balaban J connectivity index is 2.33. The molecule has 0 saturated carbocycles. The van der Waals surface area contributed by atoms with Crippen LogP contribution in [0.5, 0.6) is 0 Å². The largest absolute Gasteiger partial charge is 0.465 e. The third kappa shape index (κ3) is 4.21. The predicted molar refractivity (Wildman–Crippen MR) is 88.2 cm³/mol. The average molecular weight is 391 g/mol. The number of ether oxygens (including phenoxy) is 1. The van der Waals surface area contributed by atoms with Gasteiger partial charge in [-0.05, 0) is 30.7 Å². The zero-order valence-corrected chi connectivity index (χ0v) is 15.0. The van der Waals surface area contributed by atoms with Crippen molar-refractivity contribution in [1.82, 2.24) is 4.31 Å². The number of halogens is 1. The van der Waals surface area contributed by atoms with Crippen LogP contribution in [0.25, 0.3) is 0 Å². The fraction of sp³-hybridized carbons (Fsp3) is 0.500. The molecule has 1 aromatic carbocycles. The summed E-state index contributed by atoms with van der Waals surface area (Å²) in [5.41, 5.74) is 1.73. The highest BCUT2D eigenvalue weighted by atomic mass is 79.9. The van der Waals surface area contributed by atoms with Gasteiger partial charge in [-0.1, -0.05) is 15.9 Å². The van der Waals surface area contributed by atoms with Crippen LogP contribution in [-0.2, 0) is 26.1 Å². The van der Waals surface area contributed by atoms with Gasteiger partial charge >= 0.3 is 5.97 Å². The van der Waals surface area contributed by atoms with Crippen molar-refractivity contribution in [3.05, 3.63) is 28.2 Å². The third-order valence-electron chi connectivity index (χ3n) is 3.44. The molecule has 0 unspecified atom stereocenters. The van der Waals surface area contributed by atoms with E-state index in [1.165, 1.54) is 10.6 Å². The molecule has 2 rings (SSSR count). The SMILES string of the molecule is CCOC(=O)CN1CCN(S(C)(=O)=O)Cc2cc(Br)ccc21. The molecule has 0 amide bonds. The van der Waals surface area contributed by atoms with E-state index < -0.39 is 10.0 Å². The molecule has 0 saturated heterocycles. The van der Waals surface area contributed by atoms with E-state index in [2.05, 4.69) is 15.9 Å². The van der Waals surface area contributed by atoms with Crippen LogP contribution < -0.4 is 4.90 Å². The molecular formula is C14H19BrN2O4S. The maximum atomic E-state index is 11.9. The Labute approximate surface area is 139 Å². The highest BCUT2D eigenvalue weighted by Crippen LogP contribution is 2.29. The number of fused-ring (bicyclic) bond motifs is 1. The van der Waals surface area contributed by atoms with Crippen LogP contribution in [0, 0.1) is 0 Å². The minimum Gasteiger partial charge on any atom is -0.465 e. The first kappa shape index (κ1) is 17.2. The Kier molecular flexibility index (Phi) is 5.46. The number of rotatable bonds is 4. The molecule has 1 aromatic rings. The minimum atomic E-state index is -3.29. The van der Waals surface area contributed by atoms with E-state index in [0.717, 1.165) is 15.7 Å². The van der Waals surface area contributed by atoms with Gasteiger partial charge in [-0.3, -0.25) is 4.79 Å². The number of carbonyl (C=O) groups excluding carboxylic acids is 1. The number of hydrogen-bond acceptors (Lipinski definition) is 5. The van der Waals surface area contributed by atoms with E-state index in [4.69, 9.17) is 4.74 Å². The first-order valence-corrected chi connectivity index (χ1v) is 9.59. The standard InChI is InChI=1S/C14H19BrN2O4S/c1-3-21-14(18)10-16-6-7-17(22(2,19)20)9-11-8-12(15)4-5-13(11)16/h4-5,8H,3,6-7,9-10H2,1-2H3. The molecule has 1 heterocycles. The van der Waals surface area contributed by atoms with E-state index in [9.17, 15) is 13.2 Å². The summed E-state index contributed by atoms with van der Waals surface area (Å²) in [6, 6.07) is 5.66. The molecule has 22 heavy (non-hydrogen) atoms. The molecule has 122 valence electrons. The van der Waals surface area contributed by atoms with Crippen molar-refractivity contribution in [2.45, 2.75) is 13.5 Å². The minimum absolute atomic E-state index is 0.111. The zero-order chi connectivity index (χ0) is 16.3. The molecule has 1 aliphatic rings.